The van der Waals surface area contributed by atoms with E-state index in [2.05, 4.69) is 0 Å². The van der Waals surface area contributed by atoms with Crippen LogP contribution in [0, 0.1) is 0 Å². The molecule has 15 heavy (non-hydrogen) atoms. The number of hydrogen-bond acceptors (Lipinski definition) is 3. The molecule has 0 aromatic heterocycles. The summed E-state index contributed by atoms with van der Waals surface area (Å²) in [4.78, 5) is 9.37. The van der Waals surface area contributed by atoms with Crippen LogP contribution in [-0.4, -0.2) is 22.7 Å². The molecule has 0 saturated carbocycles. The molecule has 0 spiro atoms. The molecule has 1 aromatic carbocycles. The summed E-state index contributed by atoms with van der Waals surface area (Å²) >= 11 is 0. The smallest absolute Gasteiger partial charge is 0.303 e. The molecule has 4 nitrogen and oxygen atoms in total. The summed E-state index contributed by atoms with van der Waals surface area (Å²) in [7, 11) is 0. The Morgan fingerprint density at radius 1 is 1.33 bits per heavy atom. The summed E-state index contributed by atoms with van der Waals surface area (Å²) in [6.07, 6.45) is 1.10. The standard InChI is InChI=1S/C8H11NO.C3H6O2/c9-6-5-7-1-3-8(10)4-2-7;1-2-3(4)5/h1-4,10H,5-6,9H2;2H2,1H3,(H,4,5). The van der Waals surface area contributed by atoms with Gasteiger partial charge in [-0.15, -0.1) is 0 Å². The van der Waals surface area contributed by atoms with E-state index in [0.717, 1.165) is 6.42 Å². The van der Waals surface area contributed by atoms with Crippen LogP contribution >= 0.6 is 0 Å². The Bertz CT molecular complexity index is 282. The second kappa shape index (κ2) is 7.82. The molecule has 0 atom stereocenters. The molecule has 0 aliphatic rings. The Kier molecular flexibility index (Phi) is 7.01. The molecule has 0 heterocycles. The number of benzene rings is 1. The Morgan fingerprint density at radius 2 is 1.80 bits per heavy atom. The van der Waals surface area contributed by atoms with Gasteiger partial charge in [-0.25, -0.2) is 0 Å². The third-order valence-electron chi connectivity index (χ3n) is 1.67. The molecule has 4 heteroatoms. The van der Waals surface area contributed by atoms with E-state index in [1.54, 1.807) is 19.1 Å². The van der Waals surface area contributed by atoms with Crippen molar-refractivity contribution in [3.05, 3.63) is 29.8 Å². The molecule has 0 amide bonds. The van der Waals surface area contributed by atoms with E-state index >= 15 is 0 Å². The fraction of sp³-hybridized carbons (Fsp3) is 0.364. The molecular formula is C11H17NO3. The SMILES string of the molecule is CCC(=O)O.NCCc1ccc(O)cc1. The van der Waals surface area contributed by atoms with Gasteiger partial charge in [0.15, 0.2) is 0 Å². The first-order valence-electron chi connectivity index (χ1n) is 4.80. The lowest BCUT2D eigenvalue weighted by Gasteiger charge is -1.96. The van der Waals surface area contributed by atoms with E-state index in [-0.39, 0.29) is 6.42 Å². The van der Waals surface area contributed by atoms with Gasteiger partial charge in [-0.1, -0.05) is 19.1 Å². The van der Waals surface area contributed by atoms with Crippen molar-refractivity contribution in [1.29, 1.82) is 0 Å². The number of nitrogens with two attached hydrogens (primary N) is 1. The lowest BCUT2D eigenvalue weighted by Crippen LogP contribution is -2.01. The first-order chi connectivity index (χ1) is 7.10. The lowest BCUT2D eigenvalue weighted by molar-refractivity contribution is -0.136. The topological polar surface area (TPSA) is 83.5 Å². The number of hydrogen-bond donors (Lipinski definition) is 3. The van der Waals surface area contributed by atoms with Crippen molar-refractivity contribution in [2.24, 2.45) is 5.73 Å². The third kappa shape index (κ3) is 7.52. The molecule has 0 fully saturated rings. The number of rotatable bonds is 3. The summed E-state index contributed by atoms with van der Waals surface area (Å²) in [6.45, 7) is 2.26. The normalized spacial score (nSPS) is 8.93. The van der Waals surface area contributed by atoms with Crippen LogP contribution in [0.1, 0.15) is 18.9 Å². The minimum atomic E-state index is -0.745. The average molecular weight is 211 g/mol. The Morgan fingerprint density at radius 3 is 2.13 bits per heavy atom. The number of phenols is 1. The second-order valence-electron chi connectivity index (χ2n) is 2.95. The molecule has 0 aliphatic heterocycles. The summed E-state index contributed by atoms with van der Waals surface area (Å²) in [5, 5.41) is 16.6. The molecule has 0 radical (unpaired) electrons. The molecular weight excluding hydrogens is 194 g/mol. The van der Waals surface area contributed by atoms with Gasteiger partial charge in [0.2, 0.25) is 0 Å². The van der Waals surface area contributed by atoms with E-state index in [1.165, 1.54) is 5.56 Å². The quantitative estimate of drug-likeness (QED) is 0.705. The molecule has 0 aliphatic carbocycles. The van der Waals surface area contributed by atoms with Crippen molar-refractivity contribution in [1.82, 2.24) is 0 Å². The van der Waals surface area contributed by atoms with Gasteiger partial charge in [-0.2, -0.15) is 0 Å². The molecule has 4 N–H and O–H groups in total. The second-order valence-corrected chi connectivity index (χ2v) is 2.95. The van der Waals surface area contributed by atoms with E-state index in [0.29, 0.717) is 12.3 Å². The van der Waals surface area contributed by atoms with Crippen molar-refractivity contribution in [3.63, 3.8) is 0 Å². The third-order valence-corrected chi connectivity index (χ3v) is 1.67. The highest BCUT2D eigenvalue weighted by Gasteiger charge is 1.89. The van der Waals surface area contributed by atoms with E-state index in [9.17, 15) is 4.79 Å². The van der Waals surface area contributed by atoms with Gasteiger partial charge in [-0.05, 0) is 30.7 Å². The average Bonchev–Trinajstić information content (AvgIpc) is 2.23. The zero-order chi connectivity index (χ0) is 11.7. The van der Waals surface area contributed by atoms with E-state index in [4.69, 9.17) is 15.9 Å². The molecule has 1 aromatic rings. The van der Waals surface area contributed by atoms with Gasteiger partial charge in [0.05, 0.1) is 0 Å². The lowest BCUT2D eigenvalue weighted by atomic mass is 10.1. The van der Waals surface area contributed by atoms with Gasteiger partial charge >= 0.3 is 5.97 Å². The van der Waals surface area contributed by atoms with Crippen LogP contribution in [0.3, 0.4) is 0 Å². The number of carboxylic acid groups (broad SMARTS) is 1. The van der Waals surface area contributed by atoms with Gasteiger partial charge in [0.25, 0.3) is 0 Å². The Labute approximate surface area is 89.4 Å². The fourth-order valence-electron chi connectivity index (χ4n) is 0.829. The molecule has 0 unspecified atom stereocenters. The highest BCUT2D eigenvalue weighted by atomic mass is 16.4. The zero-order valence-corrected chi connectivity index (χ0v) is 8.81. The molecule has 0 bridgehead atoms. The Balaban J connectivity index is 0.000000336. The molecule has 1 rings (SSSR count). The van der Waals surface area contributed by atoms with Crippen molar-refractivity contribution in [2.75, 3.05) is 6.54 Å². The predicted octanol–water partition coefficient (Wildman–Crippen LogP) is 1.37. The minimum absolute atomic E-state index is 0.222. The van der Waals surface area contributed by atoms with Crippen LogP contribution in [0.25, 0.3) is 0 Å². The number of aromatic hydroxyl groups is 1. The maximum absolute atomic E-state index is 9.37. The summed E-state index contributed by atoms with van der Waals surface area (Å²) < 4.78 is 0. The van der Waals surface area contributed by atoms with Crippen LogP contribution < -0.4 is 5.73 Å². The maximum Gasteiger partial charge on any atom is 0.303 e. The van der Waals surface area contributed by atoms with Gasteiger partial charge in [0.1, 0.15) is 5.75 Å². The van der Waals surface area contributed by atoms with Gasteiger partial charge in [-0.3, -0.25) is 4.79 Å². The summed E-state index contributed by atoms with van der Waals surface area (Å²) in [5.74, 6) is -0.439. The Hall–Kier alpha value is -1.55. The van der Waals surface area contributed by atoms with Crippen LogP contribution in [0.2, 0.25) is 0 Å². The minimum Gasteiger partial charge on any atom is -0.508 e. The fourth-order valence-corrected chi connectivity index (χ4v) is 0.829. The van der Waals surface area contributed by atoms with Crippen molar-refractivity contribution in [2.45, 2.75) is 19.8 Å². The number of carboxylic acids is 1. The zero-order valence-electron chi connectivity index (χ0n) is 8.81. The summed E-state index contributed by atoms with van der Waals surface area (Å²) in [5.41, 5.74) is 6.50. The number of aliphatic carboxylic acids is 1. The van der Waals surface area contributed by atoms with E-state index in [1.807, 2.05) is 12.1 Å². The highest BCUT2D eigenvalue weighted by Crippen LogP contribution is 2.09. The van der Waals surface area contributed by atoms with Gasteiger partial charge < -0.3 is 15.9 Å². The predicted molar refractivity (Wildman–Crippen MR) is 58.8 cm³/mol. The van der Waals surface area contributed by atoms with Crippen molar-refractivity contribution < 1.29 is 15.0 Å². The van der Waals surface area contributed by atoms with Crippen LogP contribution in [-0.2, 0) is 11.2 Å². The maximum atomic E-state index is 9.37. The van der Waals surface area contributed by atoms with Crippen molar-refractivity contribution in [3.8, 4) is 5.75 Å². The summed E-state index contributed by atoms with van der Waals surface area (Å²) in [6, 6.07) is 7.10. The van der Waals surface area contributed by atoms with Gasteiger partial charge in [0, 0.05) is 6.42 Å². The largest absolute Gasteiger partial charge is 0.508 e. The van der Waals surface area contributed by atoms with Crippen LogP contribution in [0.5, 0.6) is 5.75 Å². The number of phenolic OH excluding ortho intramolecular Hbond substituents is 1. The number of carbonyl (C=O) groups is 1. The van der Waals surface area contributed by atoms with Crippen molar-refractivity contribution >= 4 is 5.97 Å². The van der Waals surface area contributed by atoms with Crippen LogP contribution in [0.15, 0.2) is 24.3 Å². The molecule has 0 saturated heterocycles. The molecule has 84 valence electrons. The monoisotopic (exact) mass is 211 g/mol. The first-order valence-corrected chi connectivity index (χ1v) is 4.80. The highest BCUT2D eigenvalue weighted by molar-refractivity contribution is 5.66. The van der Waals surface area contributed by atoms with E-state index < -0.39 is 5.97 Å². The van der Waals surface area contributed by atoms with Crippen LogP contribution in [0.4, 0.5) is 0 Å². The first kappa shape index (κ1) is 13.4.